The van der Waals surface area contributed by atoms with E-state index in [-0.39, 0.29) is 17.5 Å². The van der Waals surface area contributed by atoms with Crippen LogP contribution in [-0.2, 0) is 9.59 Å². The number of aromatic nitrogens is 1. The molecule has 0 unspecified atom stereocenters. The van der Waals surface area contributed by atoms with E-state index in [1.165, 1.54) is 12.2 Å². The number of hydrogen-bond acceptors (Lipinski definition) is 3. The second-order valence-electron chi connectivity index (χ2n) is 7.55. The van der Waals surface area contributed by atoms with E-state index in [0.29, 0.717) is 16.7 Å². The minimum Gasteiger partial charge on any atom is -0.294 e. The van der Waals surface area contributed by atoms with Crippen molar-refractivity contribution in [3.8, 4) is 0 Å². The smallest absolute Gasteiger partial charge is 0.193 e. The molecule has 1 saturated carbocycles. The Morgan fingerprint density at radius 2 is 1.70 bits per heavy atom. The molecule has 0 aromatic carbocycles. The predicted molar refractivity (Wildman–Crippen MR) is 125 cm³/mol. The SMILES string of the molecule is C=C/C(C(=O)C(/C=C\C=C(/C)c1ccncc1)=C(C)CC)=C(\C=C)C(=O)C1CCC1. The second-order valence-corrected chi connectivity index (χ2v) is 7.55. The Hall–Kier alpha value is -3.07. The summed E-state index contributed by atoms with van der Waals surface area (Å²) < 4.78 is 0. The third-order valence-electron chi connectivity index (χ3n) is 5.66. The number of carbonyl (C=O) groups is 2. The Balaban J connectivity index is 2.39. The van der Waals surface area contributed by atoms with E-state index >= 15 is 0 Å². The minimum absolute atomic E-state index is 0.00180. The van der Waals surface area contributed by atoms with Gasteiger partial charge >= 0.3 is 0 Å². The van der Waals surface area contributed by atoms with Crippen molar-refractivity contribution < 1.29 is 9.59 Å². The van der Waals surface area contributed by atoms with Gasteiger partial charge in [0.05, 0.1) is 0 Å². The van der Waals surface area contributed by atoms with Crippen molar-refractivity contribution in [2.24, 2.45) is 5.92 Å². The number of allylic oxidation sites excluding steroid dienone is 10. The Bertz CT molecular complexity index is 938. The highest BCUT2D eigenvalue weighted by Crippen LogP contribution is 2.31. The van der Waals surface area contributed by atoms with Gasteiger partial charge < -0.3 is 0 Å². The van der Waals surface area contributed by atoms with Gasteiger partial charge in [0.25, 0.3) is 0 Å². The van der Waals surface area contributed by atoms with E-state index in [2.05, 4.69) is 18.1 Å². The van der Waals surface area contributed by atoms with Crippen LogP contribution in [0.15, 0.2) is 90.4 Å². The van der Waals surface area contributed by atoms with Gasteiger partial charge in [0.15, 0.2) is 11.6 Å². The molecule has 0 spiro atoms. The summed E-state index contributed by atoms with van der Waals surface area (Å²) in [5, 5.41) is 0. The summed E-state index contributed by atoms with van der Waals surface area (Å²) in [5.41, 5.74) is 4.42. The Kier molecular flexibility index (Phi) is 8.67. The van der Waals surface area contributed by atoms with Gasteiger partial charge in [-0.2, -0.15) is 0 Å². The summed E-state index contributed by atoms with van der Waals surface area (Å²) in [5.74, 6) is -0.175. The summed E-state index contributed by atoms with van der Waals surface area (Å²) in [4.78, 5) is 30.2. The maximum absolute atomic E-state index is 13.4. The molecule has 0 radical (unpaired) electrons. The third-order valence-corrected chi connectivity index (χ3v) is 5.66. The maximum atomic E-state index is 13.4. The standard InChI is InChI=1S/C27H31NO2/c1-6-19(4)25(14-9-11-20(5)21-15-17-28-18-16-21)27(30)24(8-3)23(7-2)26(29)22-12-10-13-22/h7-9,11,14-18,22H,2-3,6,10,12-13H2,1,4-5H3/b14-9-,20-11+,24-23-,25-19?. The van der Waals surface area contributed by atoms with Crippen molar-refractivity contribution in [3.63, 3.8) is 0 Å². The average Bonchev–Trinajstić information content (AvgIpc) is 2.73. The number of nitrogens with zero attached hydrogens (tertiary/aromatic N) is 1. The van der Waals surface area contributed by atoms with E-state index in [1.54, 1.807) is 12.4 Å². The van der Waals surface area contributed by atoms with Crippen molar-refractivity contribution >= 4 is 17.1 Å². The first-order chi connectivity index (χ1) is 14.4. The molecule has 0 atom stereocenters. The van der Waals surface area contributed by atoms with Crippen molar-refractivity contribution in [2.45, 2.75) is 46.5 Å². The highest BCUT2D eigenvalue weighted by atomic mass is 16.1. The molecule has 1 aliphatic carbocycles. The van der Waals surface area contributed by atoms with Crippen molar-refractivity contribution in [2.75, 3.05) is 0 Å². The first kappa shape index (κ1) is 23.2. The Labute approximate surface area is 180 Å². The molecule has 1 heterocycles. The van der Waals surface area contributed by atoms with Crippen LogP contribution in [0.3, 0.4) is 0 Å². The molecule has 1 aliphatic rings. The number of pyridine rings is 1. The number of carbonyl (C=O) groups excluding carboxylic acids is 2. The fourth-order valence-corrected chi connectivity index (χ4v) is 3.31. The van der Waals surface area contributed by atoms with Crippen LogP contribution >= 0.6 is 0 Å². The first-order valence-electron chi connectivity index (χ1n) is 10.5. The number of rotatable bonds is 10. The van der Waals surface area contributed by atoms with E-state index < -0.39 is 0 Å². The quantitative estimate of drug-likeness (QED) is 0.338. The van der Waals surface area contributed by atoms with Gasteiger partial charge in [-0.15, -0.1) is 0 Å². The van der Waals surface area contributed by atoms with Crippen LogP contribution in [0.25, 0.3) is 5.57 Å². The molecule has 3 heteroatoms. The maximum Gasteiger partial charge on any atom is 0.193 e. The summed E-state index contributed by atoms with van der Waals surface area (Å²) in [6.07, 6.45) is 15.7. The minimum atomic E-state index is -0.182. The van der Waals surface area contributed by atoms with Gasteiger partial charge in [-0.05, 0) is 56.4 Å². The molecule has 0 N–H and O–H groups in total. The Morgan fingerprint density at radius 3 is 2.20 bits per heavy atom. The summed E-state index contributed by atoms with van der Waals surface area (Å²) >= 11 is 0. The molecule has 156 valence electrons. The first-order valence-corrected chi connectivity index (χ1v) is 10.5. The largest absolute Gasteiger partial charge is 0.294 e. The van der Waals surface area contributed by atoms with Crippen molar-refractivity contribution in [1.82, 2.24) is 4.98 Å². The number of hydrogen-bond donors (Lipinski definition) is 0. The molecular formula is C27H31NO2. The molecular weight excluding hydrogens is 370 g/mol. The van der Waals surface area contributed by atoms with Crippen molar-refractivity contribution in [1.29, 1.82) is 0 Å². The zero-order chi connectivity index (χ0) is 22.1. The zero-order valence-electron chi connectivity index (χ0n) is 18.3. The van der Waals surface area contributed by atoms with E-state index in [9.17, 15) is 9.59 Å². The van der Waals surface area contributed by atoms with Crippen LogP contribution in [0.4, 0.5) is 0 Å². The molecule has 3 nitrogen and oxygen atoms in total. The molecule has 0 amide bonds. The molecule has 0 bridgehead atoms. The third kappa shape index (κ3) is 5.50. The number of ketones is 2. The van der Waals surface area contributed by atoms with Crippen LogP contribution in [0, 0.1) is 5.92 Å². The molecule has 30 heavy (non-hydrogen) atoms. The molecule has 2 rings (SSSR count). The van der Waals surface area contributed by atoms with Gasteiger partial charge in [-0.1, -0.05) is 62.5 Å². The summed E-state index contributed by atoms with van der Waals surface area (Å²) in [6, 6.07) is 3.89. The van der Waals surface area contributed by atoms with Crippen molar-refractivity contribution in [3.05, 3.63) is 95.9 Å². The predicted octanol–water partition coefficient (Wildman–Crippen LogP) is 6.37. The fraction of sp³-hybridized carbons (Fsp3) is 0.296. The molecule has 0 saturated heterocycles. The monoisotopic (exact) mass is 401 g/mol. The van der Waals surface area contributed by atoms with Gasteiger partial charge in [0.2, 0.25) is 0 Å². The lowest BCUT2D eigenvalue weighted by Gasteiger charge is -2.25. The zero-order valence-corrected chi connectivity index (χ0v) is 18.3. The van der Waals surface area contributed by atoms with Gasteiger partial charge in [-0.3, -0.25) is 14.6 Å². The van der Waals surface area contributed by atoms with E-state index in [4.69, 9.17) is 0 Å². The van der Waals surface area contributed by atoms with E-state index in [1.807, 2.05) is 51.1 Å². The van der Waals surface area contributed by atoms with Gasteiger partial charge in [0, 0.05) is 35.0 Å². The Morgan fingerprint density at radius 1 is 1.07 bits per heavy atom. The van der Waals surface area contributed by atoms with Crippen LogP contribution in [0.1, 0.15) is 52.0 Å². The highest BCUT2D eigenvalue weighted by Gasteiger charge is 2.29. The average molecular weight is 402 g/mol. The van der Waals surface area contributed by atoms with Crippen LogP contribution < -0.4 is 0 Å². The lowest BCUT2D eigenvalue weighted by atomic mass is 9.78. The highest BCUT2D eigenvalue weighted by molar-refractivity contribution is 6.18. The molecule has 1 aromatic rings. The number of Topliss-reactive ketones (excluding diaryl/α,β-unsaturated/α-hetero) is 2. The summed E-state index contributed by atoms with van der Waals surface area (Å²) in [7, 11) is 0. The second kappa shape index (κ2) is 11.2. The van der Waals surface area contributed by atoms with Crippen LogP contribution in [0.5, 0.6) is 0 Å². The van der Waals surface area contributed by atoms with Crippen LogP contribution in [0.2, 0.25) is 0 Å². The van der Waals surface area contributed by atoms with Gasteiger partial charge in [0.1, 0.15) is 0 Å². The lowest BCUT2D eigenvalue weighted by Crippen LogP contribution is -2.24. The fourth-order valence-electron chi connectivity index (χ4n) is 3.31. The van der Waals surface area contributed by atoms with E-state index in [0.717, 1.165) is 42.4 Å². The normalized spacial score (nSPS) is 16.4. The van der Waals surface area contributed by atoms with Crippen LogP contribution in [-0.4, -0.2) is 16.6 Å². The molecule has 1 aromatic heterocycles. The topological polar surface area (TPSA) is 47.0 Å². The van der Waals surface area contributed by atoms with Gasteiger partial charge in [-0.25, -0.2) is 0 Å². The molecule has 1 fully saturated rings. The lowest BCUT2D eigenvalue weighted by molar-refractivity contribution is -0.121. The summed E-state index contributed by atoms with van der Waals surface area (Å²) in [6.45, 7) is 13.6. The molecule has 0 aliphatic heterocycles.